The third kappa shape index (κ3) is 8.44. The number of carbonyl (C=O) groups is 1. The molecule has 2 rings (SSSR count). The summed E-state index contributed by atoms with van der Waals surface area (Å²) < 4.78 is 0. The molecule has 2 N–H and O–H groups in total. The summed E-state index contributed by atoms with van der Waals surface area (Å²) in [6.45, 7) is 11.5. The number of likely N-dealkylation sites (tertiary alicyclic amines) is 1. The number of rotatable bonds is 10. The highest BCUT2D eigenvalue weighted by Crippen LogP contribution is 2.18. The second-order valence-electron chi connectivity index (χ2n) is 9.12. The number of hydrogen-bond acceptors (Lipinski definition) is 3. The lowest BCUT2D eigenvalue weighted by molar-refractivity contribution is -0.127. The maximum atomic E-state index is 12.4. The van der Waals surface area contributed by atoms with E-state index in [1.807, 2.05) is 11.0 Å². The first-order valence-electron chi connectivity index (χ1n) is 10.8. The Morgan fingerprint density at radius 2 is 1.97 bits per heavy atom. The van der Waals surface area contributed by atoms with Crippen molar-refractivity contribution >= 4 is 11.9 Å². The summed E-state index contributed by atoms with van der Waals surface area (Å²) in [4.78, 5) is 21.4. The summed E-state index contributed by atoms with van der Waals surface area (Å²) in [5.74, 6) is 1.44. The number of nitrogens with zero attached hydrogens (tertiary/aromatic N) is 3. The molecule has 6 nitrogen and oxygen atoms in total. The van der Waals surface area contributed by atoms with Crippen molar-refractivity contribution in [1.29, 1.82) is 0 Å². The van der Waals surface area contributed by atoms with E-state index in [2.05, 4.69) is 74.7 Å². The van der Waals surface area contributed by atoms with Gasteiger partial charge in [0.25, 0.3) is 0 Å². The van der Waals surface area contributed by atoms with E-state index in [0.29, 0.717) is 12.3 Å². The topological polar surface area (TPSA) is 60.0 Å². The molecule has 0 bridgehead atoms. The molecule has 1 unspecified atom stereocenters. The molecule has 1 atom stereocenters. The highest BCUT2D eigenvalue weighted by atomic mass is 16.2. The van der Waals surface area contributed by atoms with Crippen molar-refractivity contribution in [2.75, 3.05) is 53.4 Å². The SMILES string of the molecule is CCNC(=NCC(C)(C)CN(C)C)NCC1CC(=O)N(CCc2ccccc2)C1. The van der Waals surface area contributed by atoms with Crippen LogP contribution in [0.25, 0.3) is 0 Å². The van der Waals surface area contributed by atoms with Gasteiger partial charge in [-0.25, -0.2) is 0 Å². The van der Waals surface area contributed by atoms with Crippen LogP contribution in [0.1, 0.15) is 32.8 Å². The van der Waals surface area contributed by atoms with E-state index in [4.69, 9.17) is 4.99 Å². The van der Waals surface area contributed by atoms with Gasteiger partial charge in [-0.05, 0) is 38.4 Å². The third-order valence-corrected chi connectivity index (χ3v) is 5.12. The predicted octanol–water partition coefficient (Wildman–Crippen LogP) is 2.22. The fourth-order valence-electron chi connectivity index (χ4n) is 3.90. The highest BCUT2D eigenvalue weighted by molar-refractivity contribution is 5.81. The van der Waals surface area contributed by atoms with Gasteiger partial charge >= 0.3 is 0 Å². The third-order valence-electron chi connectivity index (χ3n) is 5.12. The van der Waals surface area contributed by atoms with Crippen LogP contribution in [0.4, 0.5) is 0 Å². The van der Waals surface area contributed by atoms with Crippen LogP contribution in [0.3, 0.4) is 0 Å². The average molecular weight is 402 g/mol. The van der Waals surface area contributed by atoms with Crippen molar-refractivity contribution in [2.24, 2.45) is 16.3 Å². The van der Waals surface area contributed by atoms with Crippen molar-refractivity contribution < 1.29 is 4.79 Å². The van der Waals surface area contributed by atoms with Crippen LogP contribution in [0.5, 0.6) is 0 Å². The lowest BCUT2D eigenvalue weighted by Gasteiger charge is -2.27. The first kappa shape index (κ1) is 23.2. The molecule has 0 radical (unpaired) electrons. The smallest absolute Gasteiger partial charge is 0.223 e. The van der Waals surface area contributed by atoms with E-state index in [0.717, 1.165) is 51.6 Å². The number of benzene rings is 1. The van der Waals surface area contributed by atoms with Gasteiger partial charge < -0.3 is 20.4 Å². The van der Waals surface area contributed by atoms with Gasteiger partial charge in [-0.1, -0.05) is 44.2 Å². The Kier molecular flexibility index (Phi) is 8.96. The second-order valence-corrected chi connectivity index (χ2v) is 9.12. The molecule has 1 fully saturated rings. The number of amides is 1. The van der Waals surface area contributed by atoms with Gasteiger partial charge in [-0.2, -0.15) is 0 Å². The van der Waals surface area contributed by atoms with Crippen molar-refractivity contribution in [1.82, 2.24) is 20.4 Å². The fourth-order valence-corrected chi connectivity index (χ4v) is 3.90. The molecule has 1 aliphatic heterocycles. The second kappa shape index (κ2) is 11.2. The van der Waals surface area contributed by atoms with Gasteiger partial charge in [0.2, 0.25) is 5.91 Å². The quantitative estimate of drug-likeness (QED) is 0.466. The molecule has 6 heteroatoms. The highest BCUT2D eigenvalue weighted by Gasteiger charge is 2.29. The van der Waals surface area contributed by atoms with Crippen LogP contribution in [0.2, 0.25) is 0 Å². The maximum Gasteiger partial charge on any atom is 0.223 e. The lowest BCUT2D eigenvalue weighted by atomic mass is 9.93. The zero-order chi connectivity index (χ0) is 21.3. The Hall–Kier alpha value is -2.08. The van der Waals surface area contributed by atoms with E-state index < -0.39 is 0 Å². The molecule has 1 heterocycles. The first-order valence-corrected chi connectivity index (χ1v) is 10.8. The Morgan fingerprint density at radius 3 is 2.62 bits per heavy atom. The van der Waals surface area contributed by atoms with Gasteiger partial charge in [0.15, 0.2) is 5.96 Å². The summed E-state index contributed by atoms with van der Waals surface area (Å²) in [6.07, 6.45) is 1.53. The molecular weight excluding hydrogens is 362 g/mol. The zero-order valence-electron chi connectivity index (χ0n) is 18.9. The molecule has 1 saturated heterocycles. The summed E-state index contributed by atoms with van der Waals surface area (Å²) in [7, 11) is 4.19. The Bertz CT molecular complexity index is 656. The van der Waals surface area contributed by atoms with Crippen LogP contribution in [-0.4, -0.2) is 75.0 Å². The molecule has 1 aromatic rings. The molecule has 1 amide bonds. The van der Waals surface area contributed by atoms with E-state index in [-0.39, 0.29) is 11.3 Å². The summed E-state index contributed by atoms with van der Waals surface area (Å²) in [5, 5.41) is 6.78. The Morgan fingerprint density at radius 1 is 1.24 bits per heavy atom. The molecule has 0 aliphatic carbocycles. The van der Waals surface area contributed by atoms with E-state index in [9.17, 15) is 4.79 Å². The summed E-state index contributed by atoms with van der Waals surface area (Å²) >= 11 is 0. The molecule has 1 aromatic carbocycles. The minimum Gasteiger partial charge on any atom is -0.357 e. The zero-order valence-corrected chi connectivity index (χ0v) is 18.9. The monoisotopic (exact) mass is 401 g/mol. The number of aliphatic imine (C=N–C) groups is 1. The summed E-state index contributed by atoms with van der Waals surface area (Å²) in [6, 6.07) is 10.4. The lowest BCUT2D eigenvalue weighted by Crippen LogP contribution is -2.41. The van der Waals surface area contributed by atoms with Crippen molar-refractivity contribution in [2.45, 2.75) is 33.6 Å². The van der Waals surface area contributed by atoms with Gasteiger partial charge in [0.05, 0.1) is 0 Å². The minimum absolute atomic E-state index is 0.114. The van der Waals surface area contributed by atoms with Gasteiger partial charge in [-0.3, -0.25) is 9.79 Å². The molecule has 162 valence electrons. The van der Waals surface area contributed by atoms with Crippen molar-refractivity contribution in [3.63, 3.8) is 0 Å². The van der Waals surface area contributed by atoms with E-state index >= 15 is 0 Å². The van der Waals surface area contributed by atoms with Gasteiger partial charge in [-0.15, -0.1) is 0 Å². The molecule has 0 aromatic heterocycles. The molecule has 0 spiro atoms. The molecular formula is C23H39N5O. The summed E-state index contributed by atoms with van der Waals surface area (Å²) in [5.41, 5.74) is 1.40. The van der Waals surface area contributed by atoms with Gasteiger partial charge in [0.1, 0.15) is 0 Å². The van der Waals surface area contributed by atoms with E-state index in [1.54, 1.807) is 0 Å². The number of nitrogens with one attached hydrogen (secondary N) is 2. The van der Waals surface area contributed by atoms with Gasteiger partial charge in [0, 0.05) is 51.6 Å². The van der Waals surface area contributed by atoms with Crippen LogP contribution in [0, 0.1) is 11.3 Å². The minimum atomic E-state index is 0.114. The molecule has 1 aliphatic rings. The van der Waals surface area contributed by atoms with Crippen LogP contribution < -0.4 is 10.6 Å². The van der Waals surface area contributed by atoms with Crippen molar-refractivity contribution in [3.8, 4) is 0 Å². The van der Waals surface area contributed by atoms with Crippen LogP contribution >= 0.6 is 0 Å². The predicted molar refractivity (Wildman–Crippen MR) is 121 cm³/mol. The number of carbonyl (C=O) groups excluding carboxylic acids is 1. The Labute approximate surface area is 176 Å². The molecule has 0 saturated carbocycles. The largest absolute Gasteiger partial charge is 0.357 e. The fraction of sp³-hybridized carbons (Fsp3) is 0.652. The average Bonchev–Trinajstić information content (AvgIpc) is 3.02. The van der Waals surface area contributed by atoms with E-state index in [1.165, 1.54) is 5.56 Å². The Balaban J connectivity index is 1.81. The first-order chi connectivity index (χ1) is 13.8. The number of guanidine groups is 1. The van der Waals surface area contributed by atoms with Crippen LogP contribution in [-0.2, 0) is 11.2 Å². The number of hydrogen-bond donors (Lipinski definition) is 2. The normalized spacial score (nSPS) is 17.9. The molecule has 29 heavy (non-hydrogen) atoms. The van der Waals surface area contributed by atoms with Crippen LogP contribution in [0.15, 0.2) is 35.3 Å². The standard InChI is InChI=1S/C23H39N5O/c1-6-24-22(26-17-23(2,3)18-27(4)5)25-15-20-14-21(29)28(16-20)13-12-19-10-8-7-9-11-19/h7-11,20H,6,12-18H2,1-5H3,(H2,24,25,26). The van der Waals surface area contributed by atoms with Crippen molar-refractivity contribution in [3.05, 3.63) is 35.9 Å². The maximum absolute atomic E-state index is 12.4.